The zero-order chi connectivity index (χ0) is 13.8. The summed E-state index contributed by atoms with van der Waals surface area (Å²) in [6.07, 6.45) is 0. The Kier molecular flexibility index (Phi) is 4.69. The Morgan fingerprint density at radius 3 is 2.33 bits per heavy atom. The van der Waals surface area contributed by atoms with Crippen molar-refractivity contribution in [1.82, 2.24) is 4.90 Å². The van der Waals surface area contributed by atoms with Crippen LogP contribution in [0.1, 0.15) is 25.0 Å². The molecular weight excluding hydrogens is 230 g/mol. The normalized spacial score (nSPS) is 13.1. The van der Waals surface area contributed by atoms with Crippen LogP contribution >= 0.6 is 0 Å². The maximum Gasteiger partial charge on any atom is 0.170 e. The van der Waals surface area contributed by atoms with E-state index in [-0.39, 0.29) is 5.84 Å². The van der Waals surface area contributed by atoms with E-state index in [2.05, 4.69) is 5.16 Å². The van der Waals surface area contributed by atoms with Gasteiger partial charge < -0.3 is 16.0 Å². The van der Waals surface area contributed by atoms with Crippen LogP contribution in [-0.2, 0) is 6.54 Å². The minimum atomic E-state index is -0.706. The van der Waals surface area contributed by atoms with Crippen LogP contribution in [0.25, 0.3) is 0 Å². The van der Waals surface area contributed by atoms with Crippen LogP contribution in [0, 0.1) is 0 Å². The zero-order valence-electron chi connectivity index (χ0n) is 11.1. The largest absolute Gasteiger partial charge is 0.409 e. The third kappa shape index (κ3) is 4.73. The summed E-state index contributed by atoms with van der Waals surface area (Å²) >= 11 is 0. The molecule has 4 N–H and O–H groups in total. The summed E-state index contributed by atoms with van der Waals surface area (Å²) in [6.45, 7) is 4.89. The number of nitrogens with zero attached hydrogens (tertiary/aromatic N) is 2. The molecule has 0 aliphatic carbocycles. The molecule has 18 heavy (non-hydrogen) atoms. The predicted octanol–water partition coefficient (Wildman–Crippen LogP) is 0.984. The number of likely N-dealkylation sites (N-methyl/N-ethyl adjacent to an activating group) is 1. The summed E-state index contributed by atoms with van der Waals surface area (Å²) in [5.41, 5.74) is 6.57. The van der Waals surface area contributed by atoms with E-state index < -0.39 is 5.60 Å². The van der Waals surface area contributed by atoms with Gasteiger partial charge in [0.1, 0.15) is 0 Å². The van der Waals surface area contributed by atoms with Crippen molar-refractivity contribution in [3.8, 4) is 0 Å². The van der Waals surface area contributed by atoms with Crippen molar-refractivity contribution < 1.29 is 10.3 Å². The Morgan fingerprint density at radius 1 is 1.33 bits per heavy atom. The molecule has 0 fully saturated rings. The van der Waals surface area contributed by atoms with Gasteiger partial charge in [-0.1, -0.05) is 29.4 Å². The minimum absolute atomic E-state index is 0.103. The lowest BCUT2D eigenvalue weighted by Gasteiger charge is -2.25. The molecule has 0 amide bonds. The molecule has 0 saturated carbocycles. The van der Waals surface area contributed by atoms with Crippen LogP contribution in [0.5, 0.6) is 0 Å². The topological polar surface area (TPSA) is 82.1 Å². The van der Waals surface area contributed by atoms with Crippen molar-refractivity contribution in [2.45, 2.75) is 26.0 Å². The van der Waals surface area contributed by atoms with Crippen LogP contribution in [-0.4, -0.2) is 40.2 Å². The van der Waals surface area contributed by atoms with E-state index in [4.69, 9.17) is 10.9 Å². The van der Waals surface area contributed by atoms with Gasteiger partial charge in [-0.15, -0.1) is 0 Å². The molecule has 0 aliphatic heterocycles. The predicted molar refractivity (Wildman–Crippen MR) is 71.6 cm³/mol. The van der Waals surface area contributed by atoms with Gasteiger partial charge in [-0.25, -0.2) is 0 Å². The molecule has 1 rings (SSSR count). The number of aliphatic hydroxyl groups is 1. The molecule has 5 heteroatoms. The second kappa shape index (κ2) is 5.84. The number of amidine groups is 1. The Hall–Kier alpha value is -1.59. The lowest BCUT2D eigenvalue weighted by atomic mass is 10.1. The summed E-state index contributed by atoms with van der Waals surface area (Å²) in [7, 11) is 1.95. The Bertz CT molecular complexity index is 407. The van der Waals surface area contributed by atoms with Gasteiger partial charge in [-0.3, -0.25) is 4.90 Å². The van der Waals surface area contributed by atoms with E-state index in [0.717, 1.165) is 12.1 Å². The fraction of sp³-hybridized carbons (Fsp3) is 0.462. The average molecular weight is 251 g/mol. The number of hydrogen-bond donors (Lipinski definition) is 3. The molecule has 0 atom stereocenters. The molecule has 0 unspecified atom stereocenters. The lowest BCUT2D eigenvalue weighted by molar-refractivity contribution is 0.0425. The van der Waals surface area contributed by atoms with Crippen LogP contribution in [0.4, 0.5) is 0 Å². The van der Waals surface area contributed by atoms with Gasteiger partial charge in [0.15, 0.2) is 5.84 Å². The highest BCUT2D eigenvalue weighted by atomic mass is 16.4. The van der Waals surface area contributed by atoms with Crippen molar-refractivity contribution in [2.24, 2.45) is 10.9 Å². The smallest absolute Gasteiger partial charge is 0.170 e. The number of oxime groups is 1. The Labute approximate surface area is 108 Å². The van der Waals surface area contributed by atoms with Crippen molar-refractivity contribution >= 4 is 5.84 Å². The Balaban J connectivity index is 2.64. The fourth-order valence-electron chi connectivity index (χ4n) is 1.87. The van der Waals surface area contributed by atoms with Crippen molar-refractivity contribution in [3.63, 3.8) is 0 Å². The molecule has 5 nitrogen and oxygen atoms in total. The second-order valence-electron chi connectivity index (χ2n) is 5.17. The second-order valence-corrected chi connectivity index (χ2v) is 5.17. The molecule has 0 spiro atoms. The van der Waals surface area contributed by atoms with Crippen LogP contribution in [0.15, 0.2) is 29.4 Å². The number of hydrogen-bond acceptors (Lipinski definition) is 4. The average Bonchev–Trinajstić information content (AvgIpc) is 2.26. The third-order valence-electron chi connectivity index (χ3n) is 2.47. The molecule has 1 aromatic carbocycles. The lowest BCUT2D eigenvalue weighted by Crippen LogP contribution is -2.35. The summed E-state index contributed by atoms with van der Waals surface area (Å²) in [6, 6.07) is 7.47. The van der Waals surface area contributed by atoms with Crippen molar-refractivity contribution in [3.05, 3.63) is 35.4 Å². The summed E-state index contributed by atoms with van der Waals surface area (Å²) in [4.78, 5) is 2.04. The van der Waals surface area contributed by atoms with E-state index in [1.165, 1.54) is 0 Å². The highest BCUT2D eigenvalue weighted by Gasteiger charge is 2.15. The molecule has 0 heterocycles. The molecule has 0 bridgehead atoms. The molecular formula is C13H21N3O2. The molecule has 0 saturated heterocycles. The number of rotatable bonds is 5. The number of nitrogens with two attached hydrogens (primary N) is 1. The molecule has 0 radical (unpaired) electrons. The van der Waals surface area contributed by atoms with Crippen molar-refractivity contribution in [2.75, 3.05) is 13.6 Å². The van der Waals surface area contributed by atoms with E-state index in [9.17, 15) is 5.11 Å². The fourth-order valence-corrected chi connectivity index (χ4v) is 1.87. The molecule has 0 aliphatic rings. The van der Waals surface area contributed by atoms with E-state index >= 15 is 0 Å². The standard InChI is InChI=1S/C13H21N3O2/c1-13(2,17)9-16(3)8-10-4-6-11(7-5-10)12(14)15-18/h4-7,17-18H,8-9H2,1-3H3,(H2,14,15). The van der Waals surface area contributed by atoms with Gasteiger partial charge in [0.25, 0.3) is 0 Å². The van der Waals surface area contributed by atoms with Gasteiger partial charge in [-0.05, 0) is 26.5 Å². The van der Waals surface area contributed by atoms with Crippen LogP contribution in [0.3, 0.4) is 0 Å². The monoisotopic (exact) mass is 251 g/mol. The van der Waals surface area contributed by atoms with Gasteiger partial charge in [0, 0.05) is 18.7 Å². The minimum Gasteiger partial charge on any atom is -0.409 e. The Morgan fingerprint density at radius 2 is 1.89 bits per heavy atom. The van der Waals surface area contributed by atoms with Crippen molar-refractivity contribution in [1.29, 1.82) is 0 Å². The van der Waals surface area contributed by atoms with Crippen LogP contribution in [0.2, 0.25) is 0 Å². The summed E-state index contributed by atoms with van der Waals surface area (Å²) in [5.74, 6) is 0.103. The maximum absolute atomic E-state index is 9.71. The number of benzene rings is 1. The first kappa shape index (κ1) is 14.5. The quantitative estimate of drug-likeness (QED) is 0.315. The molecule has 100 valence electrons. The van der Waals surface area contributed by atoms with Gasteiger partial charge in [-0.2, -0.15) is 0 Å². The highest BCUT2D eigenvalue weighted by Crippen LogP contribution is 2.09. The zero-order valence-corrected chi connectivity index (χ0v) is 11.1. The molecule has 1 aromatic rings. The highest BCUT2D eigenvalue weighted by molar-refractivity contribution is 5.96. The third-order valence-corrected chi connectivity index (χ3v) is 2.47. The first-order chi connectivity index (χ1) is 8.31. The first-order valence-electron chi connectivity index (χ1n) is 5.79. The maximum atomic E-state index is 9.71. The van der Waals surface area contributed by atoms with E-state index in [1.54, 1.807) is 13.8 Å². The van der Waals surface area contributed by atoms with Gasteiger partial charge in [0.2, 0.25) is 0 Å². The first-order valence-corrected chi connectivity index (χ1v) is 5.79. The molecule has 0 aromatic heterocycles. The van der Waals surface area contributed by atoms with E-state index in [1.807, 2.05) is 36.2 Å². The summed E-state index contributed by atoms with van der Waals surface area (Å²) < 4.78 is 0. The summed E-state index contributed by atoms with van der Waals surface area (Å²) in [5, 5.41) is 21.2. The van der Waals surface area contributed by atoms with Crippen LogP contribution < -0.4 is 5.73 Å². The van der Waals surface area contributed by atoms with Gasteiger partial charge >= 0.3 is 0 Å². The van der Waals surface area contributed by atoms with Gasteiger partial charge in [0.05, 0.1) is 5.60 Å². The SMILES string of the molecule is CN(Cc1ccc(C(N)=NO)cc1)CC(C)(C)O. The van der Waals surface area contributed by atoms with E-state index in [0.29, 0.717) is 12.1 Å².